The fourth-order valence-corrected chi connectivity index (χ4v) is 4.74. The van der Waals surface area contributed by atoms with Crippen molar-refractivity contribution >= 4 is 38.4 Å². The fourth-order valence-electron chi connectivity index (χ4n) is 3.60. The number of aromatic amines is 1. The maximum Gasteiger partial charge on any atom is 0.284 e. The number of aromatic nitrogens is 1. The van der Waals surface area contributed by atoms with E-state index in [2.05, 4.69) is 14.7 Å². The Kier molecular flexibility index (Phi) is 4.87. The Hall–Kier alpha value is -3.13. The molecule has 7 nitrogen and oxygen atoms in total. The second-order valence-electron chi connectivity index (χ2n) is 7.16. The van der Waals surface area contributed by atoms with Gasteiger partial charge in [-0.2, -0.15) is 8.42 Å². The third kappa shape index (κ3) is 3.75. The number of likely N-dealkylation sites (tertiary alicyclic amines) is 1. The molecule has 1 aromatic heterocycles. The van der Waals surface area contributed by atoms with Crippen LogP contribution in [0.1, 0.15) is 28.9 Å². The molecule has 29 heavy (non-hydrogen) atoms. The molecule has 1 aliphatic rings. The van der Waals surface area contributed by atoms with Gasteiger partial charge in [0.2, 0.25) is 0 Å². The lowest BCUT2D eigenvalue weighted by atomic mass is 10.1. The molecule has 0 atom stereocenters. The molecule has 1 amide bonds. The zero-order valence-corrected chi connectivity index (χ0v) is 17.1. The van der Waals surface area contributed by atoms with E-state index in [1.54, 1.807) is 12.1 Å². The van der Waals surface area contributed by atoms with E-state index >= 15 is 0 Å². The van der Waals surface area contributed by atoms with Crippen molar-refractivity contribution < 1.29 is 13.2 Å². The highest BCUT2D eigenvalue weighted by atomic mass is 32.2. The second-order valence-corrected chi connectivity index (χ2v) is 8.76. The maximum atomic E-state index is 12.9. The number of nitrogens with zero attached hydrogens (tertiary/aromatic N) is 2. The number of hydrogen-bond donors (Lipinski definition) is 2. The van der Waals surface area contributed by atoms with Crippen LogP contribution in [-0.2, 0) is 10.0 Å². The van der Waals surface area contributed by atoms with Gasteiger partial charge in [-0.25, -0.2) is 0 Å². The Morgan fingerprint density at radius 1 is 1.17 bits per heavy atom. The summed E-state index contributed by atoms with van der Waals surface area (Å²) in [6.45, 7) is 2.64. The van der Waals surface area contributed by atoms with Gasteiger partial charge in [-0.3, -0.25) is 4.79 Å². The Balaban J connectivity index is 1.62. The van der Waals surface area contributed by atoms with Gasteiger partial charge in [-0.1, -0.05) is 24.3 Å². The highest BCUT2D eigenvalue weighted by molar-refractivity contribution is 7.90. The van der Waals surface area contributed by atoms with Crippen molar-refractivity contribution in [2.75, 3.05) is 18.9 Å². The van der Waals surface area contributed by atoms with E-state index in [1.807, 2.05) is 43.1 Å². The van der Waals surface area contributed by atoms with Gasteiger partial charge in [-0.15, -0.1) is 4.40 Å². The third-order valence-electron chi connectivity index (χ3n) is 5.07. The third-order valence-corrected chi connectivity index (χ3v) is 6.37. The van der Waals surface area contributed by atoms with Gasteiger partial charge in [0.25, 0.3) is 15.9 Å². The summed E-state index contributed by atoms with van der Waals surface area (Å²) in [6, 6.07) is 13.8. The molecule has 8 heteroatoms. The van der Waals surface area contributed by atoms with Crippen molar-refractivity contribution in [2.45, 2.75) is 24.7 Å². The number of para-hydroxylation sites is 1. The molecule has 0 bridgehead atoms. The number of benzene rings is 2. The van der Waals surface area contributed by atoms with E-state index in [4.69, 9.17) is 0 Å². The predicted octanol–water partition coefficient (Wildman–Crippen LogP) is 3.54. The number of anilines is 1. The summed E-state index contributed by atoms with van der Waals surface area (Å²) in [5.41, 5.74) is 2.58. The van der Waals surface area contributed by atoms with Crippen LogP contribution < -0.4 is 5.32 Å². The van der Waals surface area contributed by atoms with Gasteiger partial charge < -0.3 is 15.2 Å². The monoisotopic (exact) mass is 410 g/mol. The highest BCUT2D eigenvalue weighted by Gasteiger charge is 2.21. The highest BCUT2D eigenvalue weighted by Crippen LogP contribution is 2.24. The standard InChI is InChI=1S/C21H22N4O3S/c1-14-20(17-9-3-4-10-18(17)22-14)21(26)23-15-7-5-8-16(13-15)29(27,28)24-19-11-6-12-25(19)2/h3-5,7-10,13,22H,6,11-12H2,1-2H3,(H,23,26)/b24-19+. The molecule has 2 aromatic carbocycles. The average Bonchev–Trinajstić information content (AvgIpc) is 3.23. The number of rotatable bonds is 4. The van der Waals surface area contributed by atoms with Gasteiger partial charge >= 0.3 is 0 Å². The maximum absolute atomic E-state index is 12.9. The molecule has 0 unspecified atom stereocenters. The Bertz CT molecular complexity index is 1230. The molecule has 3 aromatic rings. The molecule has 0 aliphatic carbocycles. The van der Waals surface area contributed by atoms with Crippen molar-refractivity contribution in [1.82, 2.24) is 9.88 Å². The number of H-pyrrole nitrogens is 1. The van der Waals surface area contributed by atoms with Crippen LogP contribution in [0.15, 0.2) is 57.8 Å². The number of aryl methyl sites for hydroxylation is 1. The minimum Gasteiger partial charge on any atom is -0.362 e. The topological polar surface area (TPSA) is 94.6 Å². The van der Waals surface area contributed by atoms with E-state index < -0.39 is 10.0 Å². The lowest BCUT2D eigenvalue weighted by Crippen LogP contribution is -2.20. The fraction of sp³-hybridized carbons (Fsp3) is 0.238. The number of amides is 1. The number of fused-ring (bicyclic) bond motifs is 1. The summed E-state index contributed by atoms with van der Waals surface area (Å²) in [4.78, 5) is 18.0. The molecule has 4 rings (SSSR count). The number of nitrogens with one attached hydrogen (secondary N) is 2. The molecule has 1 aliphatic heterocycles. The van der Waals surface area contributed by atoms with Crippen LogP contribution in [0, 0.1) is 6.92 Å². The van der Waals surface area contributed by atoms with E-state index in [0.717, 1.165) is 29.6 Å². The van der Waals surface area contributed by atoms with Gasteiger partial charge in [0.15, 0.2) is 0 Å². The largest absolute Gasteiger partial charge is 0.362 e. The molecule has 0 radical (unpaired) electrons. The zero-order chi connectivity index (χ0) is 20.6. The van der Waals surface area contributed by atoms with Gasteiger partial charge in [0.1, 0.15) is 5.84 Å². The molecule has 0 spiro atoms. The number of carbonyl (C=O) groups excluding carboxylic acids is 1. The van der Waals surface area contributed by atoms with Crippen LogP contribution in [0.5, 0.6) is 0 Å². The molecule has 1 fully saturated rings. The van der Waals surface area contributed by atoms with E-state index in [9.17, 15) is 13.2 Å². The number of amidine groups is 1. The van der Waals surface area contributed by atoms with Crippen molar-refractivity contribution in [3.05, 3.63) is 59.8 Å². The molecular formula is C21H22N4O3S. The quantitative estimate of drug-likeness (QED) is 0.688. The molecule has 150 valence electrons. The van der Waals surface area contributed by atoms with E-state index in [1.165, 1.54) is 12.1 Å². The van der Waals surface area contributed by atoms with Crippen molar-refractivity contribution in [1.29, 1.82) is 0 Å². The summed E-state index contributed by atoms with van der Waals surface area (Å²) >= 11 is 0. The molecular weight excluding hydrogens is 388 g/mol. The van der Waals surface area contributed by atoms with Crippen LogP contribution in [-0.4, -0.2) is 43.6 Å². The first-order valence-corrected chi connectivity index (χ1v) is 10.8. The van der Waals surface area contributed by atoms with Crippen molar-refractivity contribution in [2.24, 2.45) is 4.40 Å². The van der Waals surface area contributed by atoms with Gasteiger partial charge in [0, 0.05) is 42.3 Å². The molecule has 2 N–H and O–H groups in total. The Morgan fingerprint density at radius 3 is 2.72 bits per heavy atom. The van der Waals surface area contributed by atoms with Gasteiger partial charge in [0.05, 0.1) is 10.5 Å². The number of carbonyl (C=O) groups is 1. The van der Waals surface area contributed by atoms with E-state index in [0.29, 0.717) is 23.5 Å². The summed E-state index contributed by atoms with van der Waals surface area (Å²) in [6.07, 6.45) is 1.54. The lowest BCUT2D eigenvalue weighted by Gasteiger charge is -2.11. The smallest absolute Gasteiger partial charge is 0.284 e. The van der Waals surface area contributed by atoms with Gasteiger partial charge in [-0.05, 0) is 37.6 Å². The Morgan fingerprint density at radius 2 is 1.97 bits per heavy atom. The van der Waals surface area contributed by atoms with Crippen LogP contribution in [0.3, 0.4) is 0 Å². The second kappa shape index (κ2) is 7.36. The number of hydrogen-bond acceptors (Lipinski definition) is 3. The van der Waals surface area contributed by atoms with Crippen LogP contribution >= 0.6 is 0 Å². The first kappa shape index (κ1) is 19.2. The minimum absolute atomic E-state index is 0.0544. The molecule has 0 saturated carbocycles. The summed E-state index contributed by atoms with van der Waals surface area (Å²) in [5, 5.41) is 3.63. The summed E-state index contributed by atoms with van der Waals surface area (Å²) in [7, 11) is -2.01. The van der Waals surface area contributed by atoms with Crippen molar-refractivity contribution in [3.63, 3.8) is 0 Å². The van der Waals surface area contributed by atoms with Crippen LogP contribution in [0.2, 0.25) is 0 Å². The van der Waals surface area contributed by atoms with Crippen molar-refractivity contribution in [3.8, 4) is 0 Å². The molecule has 2 heterocycles. The SMILES string of the molecule is Cc1[nH]c2ccccc2c1C(=O)Nc1cccc(S(=O)(=O)/N=C2\CCCN2C)c1. The first-order chi connectivity index (χ1) is 13.8. The lowest BCUT2D eigenvalue weighted by molar-refractivity contribution is 0.102. The first-order valence-electron chi connectivity index (χ1n) is 9.39. The summed E-state index contributed by atoms with van der Waals surface area (Å²) in [5.74, 6) is 0.269. The number of sulfonamides is 1. The van der Waals surface area contributed by atoms with Crippen LogP contribution in [0.4, 0.5) is 5.69 Å². The summed E-state index contributed by atoms with van der Waals surface area (Å²) < 4.78 is 29.4. The van der Waals surface area contributed by atoms with E-state index in [-0.39, 0.29) is 10.8 Å². The predicted molar refractivity (Wildman–Crippen MR) is 114 cm³/mol. The Labute approximate surface area is 169 Å². The molecule has 1 saturated heterocycles. The normalized spacial score (nSPS) is 15.9. The van der Waals surface area contributed by atoms with Crippen LogP contribution in [0.25, 0.3) is 10.9 Å². The zero-order valence-electron chi connectivity index (χ0n) is 16.3. The minimum atomic E-state index is -3.84. The average molecular weight is 410 g/mol.